The molecule has 2 aromatic heterocycles. The van der Waals surface area contributed by atoms with Crippen LogP contribution in [0, 0.1) is 0 Å². The van der Waals surface area contributed by atoms with Crippen LogP contribution < -0.4 is 0 Å². The van der Waals surface area contributed by atoms with Gasteiger partial charge in [-0.3, -0.25) is 10.1 Å². The maximum atomic E-state index is 12.5. The number of H-pyrrole nitrogens is 1. The van der Waals surface area contributed by atoms with Gasteiger partial charge in [-0.05, 0) is 28.1 Å². The van der Waals surface area contributed by atoms with Gasteiger partial charge in [-0.25, -0.2) is 0 Å². The minimum Gasteiger partial charge on any atom is -0.272 e. The fourth-order valence-corrected chi connectivity index (χ4v) is 1.79. The second-order valence-corrected chi connectivity index (χ2v) is 3.77. The van der Waals surface area contributed by atoms with Crippen molar-refractivity contribution in [2.24, 2.45) is 0 Å². The first-order valence-corrected chi connectivity index (χ1v) is 5.02. The summed E-state index contributed by atoms with van der Waals surface area (Å²) in [4.78, 5) is 3.93. The van der Waals surface area contributed by atoms with E-state index in [1.807, 2.05) is 5.10 Å². The average molecular weight is 292 g/mol. The lowest BCUT2D eigenvalue weighted by molar-refractivity contribution is -0.141. The fourth-order valence-electron chi connectivity index (χ4n) is 1.19. The van der Waals surface area contributed by atoms with Gasteiger partial charge in [0.05, 0.1) is 10.2 Å². The van der Waals surface area contributed by atoms with E-state index in [1.165, 1.54) is 6.20 Å². The van der Waals surface area contributed by atoms with Crippen LogP contribution in [0.5, 0.6) is 0 Å². The number of pyridine rings is 1. The van der Waals surface area contributed by atoms with Crippen molar-refractivity contribution in [3.8, 4) is 11.4 Å². The molecule has 16 heavy (non-hydrogen) atoms. The van der Waals surface area contributed by atoms with Crippen LogP contribution in [0.3, 0.4) is 0 Å². The van der Waals surface area contributed by atoms with Crippen molar-refractivity contribution in [2.45, 2.75) is 6.18 Å². The molecule has 84 valence electrons. The van der Waals surface area contributed by atoms with E-state index in [-0.39, 0.29) is 10.2 Å². The van der Waals surface area contributed by atoms with Crippen LogP contribution in [0.15, 0.2) is 28.9 Å². The van der Waals surface area contributed by atoms with E-state index in [2.05, 4.69) is 26.0 Å². The van der Waals surface area contributed by atoms with Crippen LogP contribution in [0.2, 0.25) is 0 Å². The molecule has 0 atom stereocenters. The number of aromatic amines is 1. The Labute approximate surface area is 96.8 Å². The van der Waals surface area contributed by atoms with Crippen LogP contribution in [0.1, 0.15) is 5.69 Å². The van der Waals surface area contributed by atoms with Crippen LogP contribution >= 0.6 is 15.9 Å². The van der Waals surface area contributed by atoms with Gasteiger partial charge in [0, 0.05) is 6.20 Å². The molecule has 0 unspecified atom stereocenters. The quantitative estimate of drug-likeness (QED) is 0.876. The van der Waals surface area contributed by atoms with E-state index in [0.29, 0.717) is 5.69 Å². The predicted octanol–water partition coefficient (Wildman–Crippen LogP) is 3.25. The molecule has 1 N–H and O–H groups in total. The Morgan fingerprint density at radius 3 is 2.50 bits per heavy atom. The monoisotopic (exact) mass is 291 g/mol. The smallest absolute Gasteiger partial charge is 0.272 e. The number of halogens is 4. The summed E-state index contributed by atoms with van der Waals surface area (Å²) in [5.74, 6) is 0. The van der Waals surface area contributed by atoms with Gasteiger partial charge in [0.1, 0.15) is 5.69 Å². The molecular formula is C9H5BrF3N3. The first-order valence-electron chi connectivity index (χ1n) is 4.22. The number of hydrogen-bond donors (Lipinski definition) is 1. The Bertz CT molecular complexity index is 492. The zero-order valence-electron chi connectivity index (χ0n) is 7.72. The van der Waals surface area contributed by atoms with Crippen molar-refractivity contribution >= 4 is 15.9 Å². The maximum Gasteiger partial charge on any atom is 0.433 e. The van der Waals surface area contributed by atoms with Gasteiger partial charge in [0.15, 0.2) is 5.69 Å². The molecule has 0 aliphatic heterocycles. The molecule has 2 rings (SSSR count). The minimum atomic E-state index is -4.46. The Morgan fingerprint density at radius 1 is 1.25 bits per heavy atom. The minimum absolute atomic E-state index is 0.126. The summed E-state index contributed by atoms with van der Waals surface area (Å²) >= 11 is 2.87. The molecule has 0 saturated carbocycles. The van der Waals surface area contributed by atoms with E-state index in [1.54, 1.807) is 18.2 Å². The summed E-state index contributed by atoms with van der Waals surface area (Å²) in [5.41, 5.74) is -0.387. The molecule has 0 aliphatic carbocycles. The summed E-state index contributed by atoms with van der Waals surface area (Å²) < 4.78 is 37.2. The van der Waals surface area contributed by atoms with Crippen LogP contribution in [-0.2, 0) is 6.18 Å². The largest absolute Gasteiger partial charge is 0.433 e. The van der Waals surface area contributed by atoms with Gasteiger partial charge in [0.2, 0.25) is 0 Å². The molecule has 0 radical (unpaired) electrons. The number of nitrogens with one attached hydrogen (secondary N) is 1. The first kappa shape index (κ1) is 11.1. The fraction of sp³-hybridized carbons (Fsp3) is 0.111. The van der Waals surface area contributed by atoms with E-state index >= 15 is 0 Å². The van der Waals surface area contributed by atoms with Crippen LogP contribution in [0.4, 0.5) is 13.2 Å². The number of aromatic nitrogens is 3. The molecule has 2 heterocycles. The zero-order valence-corrected chi connectivity index (χ0v) is 9.30. The summed E-state index contributed by atoms with van der Waals surface area (Å²) in [6.07, 6.45) is -2.97. The second kappa shape index (κ2) is 3.89. The average Bonchev–Trinajstić information content (AvgIpc) is 2.61. The van der Waals surface area contributed by atoms with Crippen molar-refractivity contribution in [1.82, 2.24) is 15.2 Å². The van der Waals surface area contributed by atoms with E-state index in [4.69, 9.17) is 0 Å². The molecule has 0 spiro atoms. The van der Waals surface area contributed by atoms with E-state index in [0.717, 1.165) is 0 Å². The van der Waals surface area contributed by atoms with Crippen LogP contribution in [0.25, 0.3) is 11.4 Å². The van der Waals surface area contributed by atoms with E-state index < -0.39 is 11.9 Å². The molecule has 0 aromatic carbocycles. The summed E-state index contributed by atoms with van der Waals surface area (Å²) in [7, 11) is 0. The van der Waals surface area contributed by atoms with Gasteiger partial charge in [0.25, 0.3) is 0 Å². The highest BCUT2D eigenvalue weighted by Gasteiger charge is 2.36. The van der Waals surface area contributed by atoms with Gasteiger partial charge >= 0.3 is 6.18 Å². The normalized spacial score (nSPS) is 11.8. The number of alkyl halides is 3. The topological polar surface area (TPSA) is 41.6 Å². The Hall–Kier alpha value is -1.37. The lowest BCUT2D eigenvalue weighted by atomic mass is 10.2. The standard InChI is InChI=1S/C9H5BrF3N3/c10-6-7(5-3-1-2-4-14-5)15-16-8(6)9(11,12)13/h1-4H,(H,15,16). The molecule has 0 bridgehead atoms. The number of hydrogen-bond acceptors (Lipinski definition) is 2. The molecular weight excluding hydrogens is 287 g/mol. The summed E-state index contributed by atoms with van der Waals surface area (Å²) in [5, 5.41) is 5.55. The summed E-state index contributed by atoms with van der Waals surface area (Å²) in [6, 6.07) is 4.94. The number of nitrogens with zero attached hydrogens (tertiary/aromatic N) is 2. The molecule has 3 nitrogen and oxygen atoms in total. The maximum absolute atomic E-state index is 12.5. The van der Waals surface area contributed by atoms with Crippen molar-refractivity contribution in [2.75, 3.05) is 0 Å². The molecule has 2 aromatic rings. The lowest BCUT2D eigenvalue weighted by Gasteiger charge is -2.02. The van der Waals surface area contributed by atoms with Gasteiger partial charge in [-0.1, -0.05) is 6.07 Å². The van der Waals surface area contributed by atoms with Crippen molar-refractivity contribution in [3.05, 3.63) is 34.6 Å². The first-order chi connectivity index (χ1) is 7.50. The second-order valence-electron chi connectivity index (χ2n) is 2.97. The molecule has 0 fully saturated rings. The van der Waals surface area contributed by atoms with Gasteiger partial charge < -0.3 is 0 Å². The van der Waals surface area contributed by atoms with Crippen molar-refractivity contribution < 1.29 is 13.2 Å². The lowest BCUT2D eigenvalue weighted by Crippen LogP contribution is -2.06. The molecule has 0 saturated heterocycles. The third kappa shape index (κ3) is 1.95. The Balaban J connectivity index is 2.50. The van der Waals surface area contributed by atoms with Crippen molar-refractivity contribution in [1.29, 1.82) is 0 Å². The van der Waals surface area contributed by atoms with Crippen molar-refractivity contribution in [3.63, 3.8) is 0 Å². The molecule has 0 aliphatic rings. The van der Waals surface area contributed by atoms with Crippen LogP contribution in [-0.4, -0.2) is 15.2 Å². The summed E-state index contributed by atoms with van der Waals surface area (Å²) in [6.45, 7) is 0. The Morgan fingerprint density at radius 2 is 2.00 bits per heavy atom. The highest BCUT2D eigenvalue weighted by atomic mass is 79.9. The Kier molecular flexibility index (Phi) is 2.71. The van der Waals surface area contributed by atoms with E-state index in [9.17, 15) is 13.2 Å². The zero-order chi connectivity index (χ0) is 11.8. The van der Waals surface area contributed by atoms with Gasteiger partial charge in [-0.15, -0.1) is 0 Å². The molecule has 7 heteroatoms. The highest BCUT2D eigenvalue weighted by Crippen LogP contribution is 2.37. The third-order valence-electron chi connectivity index (χ3n) is 1.90. The highest BCUT2D eigenvalue weighted by molar-refractivity contribution is 9.10. The SMILES string of the molecule is FC(F)(F)c1[nH]nc(-c2ccccn2)c1Br. The van der Waals surface area contributed by atoms with Gasteiger partial charge in [-0.2, -0.15) is 18.3 Å². The molecule has 0 amide bonds. The number of rotatable bonds is 1. The predicted molar refractivity (Wildman–Crippen MR) is 54.5 cm³/mol. The third-order valence-corrected chi connectivity index (χ3v) is 2.67.